The Labute approximate surface area is 276 Å². The second-order valence-corrected chi connectivity index (χ2v) is 12.3. The average Bonchev–Trinajstić information content (AvgIpc) is 3.74. The number of carbonyl (C=O) groups excluding carboxylic acids is 2. The fourth-order valence-electron chi connectivity index (χ4n) is 6.50. The summed E-state index contributed by atoms with van der Waals surface area (Å²) in [5.74, 6) is 0.553. The van der Waals surface area contributed by atoms with Gasteiger partial charge in [-0.2, -0.15) is 5.10 Å². The number of anilines is 1. The van der Waals surface area contributed by atoms with Gasteiger partial charge >= 0.3 is 0 Å². The molecule has 1 atom stereocenters. The van der Waals surface area contributed by atoms with Gasteiger partial charge in [-0.05, 0) is 73.0 Å². The van der Waals surface area contributed by atoms with Gasteiger partial charge in [0.1, 0.15) is 22.8 Å². The lowest BCUT2D eigenvalue weighted by atomic mass is 9.87. The molecule has 2 amide bonds. The Hall–Kier alpha value is -5.33. The van der Waals surface area contributed by atoms with Crippen molar-refractivity contribution in [3.05, 3.63) is 96.6 Å². The number of benzene rings is 2. The topological polar surface area (TPSA) is 129 Å². The zero-order valence-electron chi connectivity index (χ0n) is 26.5. The molecule has 5 heterocycles. The maximum Gasteiger partial charge on any atom is 0.237 e. The molecule has 2 N–H and O–H groups in total. The summed E-state index contributed by atoms with van der Waals surface area (Å²) < 4.78 is 19.0. The van der Waals surface area contributed by atoms with Crippen LogP contribution in [0.15, 0.2) is 85.2 Å². The van der Waals surface area contributed by atoms with Crippen LogP contribution in [-0.4, -0.2) is 93.2 Å². The molecule has 48 heavy (non-hydrogen) atoms. The van der Waals surface area contributed by atoms with Crippen LogP contribution in [0.2, 0.25) is 0 Å². The summed E-state index contributed by atoms with van der Waals surface area (Å²) in [6, 6.07) is 19.5. The number of nitrogens with one attached hydrogen (secondary N) is 2. The third-order valence-electron chi connectivity index (χ3n) is 9.10. The predicted molar refractivity (Wildman–Crippen MR) is 180 cm³/mol. The Bertz CT molecular complexity index is 1960. The van der Waals surface area contributed by atoms with E-state index in [1.807, 2.05) is 21.9 Å². The van der Waals surface area contributed by atoms with Gasteiger partial charge < -0.3 is 15.0 Å². The number of hydrogen-bond acceptors (Lipinski definition) is 8. The van der Waals surface area contributed by atoms with Crippen molar-refractivity contribution >= 4 is 34.2 Å². The maximum atomic E-state index is 13.8. The van der Waals surface area contributed by atoms with Crippen molar-refractivity contribution in [1.29, 1.82) is 0 Å². The number of carbonyl (C=O) groups is 2. The fraction of sp³-hybridized carbons (Fsp3) is 0.278. The zero-order chi connectivity index (χ0) is 33.1. The molecule has 3 aromatic heterocycles. The van der Waals surface area contributed by atoms with Crippen molar-refractivity contribution < 1.29 is 18.7 Å². The Morgan fingerprint density at radius 1 is 0.979 bits per heavy atom. The predicted octanol–water partition coefficient (Wildman–Crippen LogP) is 4.81. The molecule has 2 aliphatic heterocycles. The molecule has 7 rings (SSSR count). The number of H-pyrrole nitrogens is 1. The number of likely N-dealkylation sites (tertiary alicyclic amines) is 1. The summed E-state index contributed by atoms with van der Waals surface area (Å²) >= 11 is 0. The van der Waals surface area contributed by atoms with Crippen LogP contribution in [0.25, 0.3) is 39.3 Å². The van der Waals surface area contributed by atoms with E-state index in [9.17, 15) is 14.0 Å². The molecule has 11 nitrogen and oxygen atoms in total. The van der Waals surface area contributed by atoms with Crippen molar-refractivity contribution in [3.8, 4) is 22.6 Å². The van der Waals surface area contributed by atoms with Crippen molar-refractivity contribution in [2.75, 3.05) is 51.8 Å². The molecule has 2 aliphatic rings. The first-order valence-corrected chi connectivity index (χ1v) is 15.9. The number of nitrogens with zero attached hydrogens (tertiary/aromatic N) is 6. The minimum Gasteiger partial charge on any atom is -0.384 e. The standard InChI is InChI=1S/C36H35FN8O3/c1-48-23-36(35(47)41-30-12-11-29-33(40-30)32(43-42-29)26-7-9-28(37)10-8-26)15-20-44(22-36)21-31(46)45-18-13-25(14-19-45)24-3-5-27(6-4-24)34-38-16-2-17-39-34/h2-13,16-17H,14-15,18-23H2,1H3,(H,42,43)(H,40,41,47). The molecule has 0 spiro atoms. The van der Waals surface area contributed by atoms with Crippen LogP contribution in [0.3, 0.4) is 0 Å². The number of methoxy groups -OCH3 is 1. The van der Waals surface area contributed by atoms with Gasteiger partial charge in [-0.15, -0.1) is 0 Å². The number of aromatic amines is 1. The van der Waals surface area contributed by atoms with Gasteiger partial charge in [0.25, 0.3) is 0 Å². The molecular weight excluding hydrogens is 611 g/mol. The maximum absolute atomic E-state index is 13.8. The van der Waals surface area contributed by atoms with Crippen LogP contribution >= 0.6 is 0 Å². The normalized spacial score (nSPS) is 18.2. The van der Waals surface area contributed by atoms with Gasteiger partial charge in [-0.25, -0.2) is 19.3 Å². The third-order valence-corrected chi connectivity index (χ3v) is 9.10. The number of hydrogen-bond donors (Lipinski definition) is 2. The second kappa shape index (κ2) is 13.4. The molecule has 5 aromatic rings. The molecule has 0 aliphatic carbocycles. The van der Waals surface area contributed by atoms with Crippen LogP contribution < -0.4 is 5.32 Å². The van der Waals surface area contributed by atoms with Crippen molar-refractivity contribution in [1.82, 2.24) is 34.9 Å². The largest absolute Gasteiger partial charge is 0.384 e. The molecule has 0 bridgehead atoms. The molecule has 0 saturated carbocycles. The Kier molecular flexibility index (Phi) is 8.74. The minimum absolute atomic E-state index is 0.0379. The first-order valence-electron chi connectivity index (χ1n) is 15.9. The highest BCUT2D eigenvalue weighted by molar-refractivity contribution is 5.97. The highest BCUT2D eigenvalue weighted by atomic mass is 19.1. The van der Waals surface area contributed by atoms with Gasteiger partial charge in [0.05, 0.1) is 24.1 Å². The highest BCUT2D eigenvalue weighted by Crippen LogP contribution is 2.34. The lowest BCUT2D eigenvalue weighted by molar-refractivity contribution is -0.133. The molecule has 244 valence electrons. The van der Waals surface area contributed by atoms with Gasteiger partial charge in [0.2, 0.25) is 11.8 Å². The third kappa shape index (κ3) is 6.44. The van der Waals surface area contributed by atoms with Crippen molar-refractivity contribution in [2.24, 2.45) is 5.41 Å². The van der Waals surface area contributed by atoms with Crippen molar-refractivity contribution in [3.63, 3.8) is 0 Å². The second-order valence-electron chi connectivity index (χ2n) is 12.3. The number of amides is 2. The summed E-state index contributed by atoms with van der Waals surface area (Å²) in [4.78, 5) is 44.3. The monoisotopic (exact) mass is 646 g/mol. The highest BCUT2D eigenvalue weighted by Gasteiger charge is 2.45. The Morgan fingerprint density at radius 3 is 2.46 bits per heavy atom. The van der Waals surface area contributed by atoms with Crippen LogP contribution in [0.4, 0.5) is 10.2 Å². The van der Waals surface area contributed by atoms with E-state index in [1.165, 1.54) is 17.7 Å². The summed E-state index contributed by atoms with van der Waals surface area (Å²) in [7, 11) is 1.58. The van der Waals surface area contributed by atoms with E-state index in [0.717, 1.165) is 17.5 Å². The van der Waals surface area contributed by atoms with E-state index in [-0.39, 0.29) is 30.8 Å². The van der Waals surface area contributed by atoms with E-state index >= 15 is 0 Å². The summed E-state index contributed by atoms with van der Waals surface area (Å²) in [6.45, 7) is 2.60. The van der Waals surface area contributed by atoms with E-state index in [4.69, 9.17) is 4.74 Å². The number of halogens is 1. The zero-order valence-corrected chi connectivity index (χ0v) is 26.5. The molecule has 0 radical (unpaired) electrons. The average molecular weight is 647 g/mol. The smallest absolute Gasteiger partial charge is 0.237 e. The van der Waals surface area contributed by atoms with Crippen molar-refractivity contribution in [2.45, 2.75) is 12.8 Å². The van der Waals surface area contributed by atoms with Gasteiger partial charge in [-0.3, -0.25) is 19.6 Å². The summed E-state index contributed by atoms with van der Waals surface area (Å²) in [6.07, 6.45) is 6.89. The number of aromatic nitrogens is 5. The molecule has 1 saturated heterocycles. The van der Waals surface area contributed by atoms with Gasteiger partial charge in [-0.1, -0.05) is 30.3 Å². The fourth-order valence-corrected chi connectivity index (χ4v) is 6.50. The van der Waals surface area contributed by atoms with E-state index < -0.39 is 5.41 Å². The lowest BCUT2D eigenvalue weighted by Crippen LogP contribution is -2.45. The van der Waals surface area contributed by atoms with E-state index in [2.05, 4.69) is 48.7 Å². The van der Waals surface area contributed by atoms with Gasteiger partial charge in [0.15, 0.2) is 5.82 Å². The van der Waals surface area contributed by atoms with Gasteiger partial charge in [0, 0.05) is 50.3 Å². The van der Waals surface area contributed by atoms with Crippen LogP contribution in [0.1, 0.15) is 18.4 Å². The van der Waals surface area contributed by atoms with Crippen LogP contribution in [0, 0.1) is 11.2 Å². The Morgan fingerprint density at radius 2 is 1.73 bits per heavy atom. The molecule has 1 unspecified atom stereocenters. The van der Waals surface area contributed by atoms with E-state index in [1.54, 1.807) is 49.8 Å². The van der Waals surface area contributed by atoms with Crippen LogP contribution in [0.5, 0.6) is 0 Å². The number of rotatable bonds is 9. The summed E-state index contributed by atoms with van der Waals surface area (Å²) in [5.41, 5.74) is 4.99. The van der Waals surface area contributed by atoms with Crippen LogP contribution in [-0.2, 0) is 14.3 Å². The number of fused-ring (bicyclic) bond motifs is 1. The number of ether oxygens (including phenoxy) is 1. The van der Waals surface area contributed by atoms with E-state index in [0.29, 0.717) is 66.5 Å². The molecular formula is C36H35FN8O3. The summed E-state index contributed by atoms with van der Waals surface area (Å²) in [5, 5.41) is 10.3. The Balaban J connectivity index is 0.974. The number of pyridine rings is 1. The lowest BCUT2D eigenvalue weighted by Gasteiger charge is -2.30. The first-order chi connectivity index (χ1) is 23.4. The molecule has 2 aromatic carbocycles. The quantitative estimate of drug-likeness (QED) is 0.234. The molecule has 1 fully saturated rings. The molecule has 12 heteroatoms. The SMILES string of the molecule is COCC1(C(=O)Nc2ccc3[nH]nc(-c4ccc(F)cc4)c3n2)CCN(CC(=O)N2CC=C(c3ccc(-c4ncccn4)cc3)CC2)C1. The first kappa shape index (κ1) is 31.3. The minimum atomic E-state index is -0.840.